The second kappa shape index (κ2) is 5.32. The maximum atomic E-state index is 13.4. The van der Waals surface area contributed by atoms with Gasteiger partial charge < -0.3 is 5.73 Å². The molecule has 0 spiro atoms. The van der Waals surface area contributed by atoms with Crippen molar-refractivity contribution in [2.24, 2.45) is 0 Å². The molecule has 0 bridgehead atoms. The zero-order valence-electron chi connectivity index (χ0n) is 10.4. The summed E-state index contributed by atoms with van der Waals surface area (Å²) in [5.41, 5.74) is 4.35. The van der Waals surface area contributed by atoms with Crippen LogP contribution in [0.15, 0.2) is 41.6 Å². The normalized spacial score (nSPS) is 11.1. The van der Waals surface area contributed by atoms with Crippen LogP contribution in [0.2, 0.25) is 0 Å². The summed E-state index contributed by atoms with van der Waals surface area (Å²) in [6.45, 7) is 0. The number of hydrogen-bond donors (Lipinski definition) is 2. The summed E-state index contributed by atoms with van der Waals surface area (Å²) in [4.78, 5) is 13.0. The first-order valence-corrected chi connectivity index (χ1v) is 6.96. The Morgan fingerprint density at radius 3 is 2.67 bits per heavy atom. The van der Waals surface area contributed by atoms with E-state index in [9.17, 15) is 22.9 Å². The van der Waals surface area contributed by atoms with Crippen LogP contribution >= 0.6 is 0 Å². The van der Waals surface area contributed by atoms with Gasteiger partial charge >= 0.3 is 0 Å². The van der Waals surface area contributed by atoms with E-state index in [2.05, 4.69) is 4.98 Å². The topological polar surface area (TPSA) is 128 Å². The van der Waals surface area contributed by atoms with Crippen molar-refractivity contribution in [3.8, 4) is 0 Å². The number of anilines is 2. The second-order valence-electron chi connectivity index (χ2n) is 3.94. The number of halogens is 1. The van der Waals surface area contributed by atoms with Crippen LogP contribution in [0.4, 0.5) is 21.5 Å². The Balaban J connectivity index is 2.43. The van der Waals surface area contributed by atoms with Crippen molar-refractivity contribution in [2.45, 2.75) is 4.90 Å². The van der Waals surface area contributed by atoms with E-state index in [1.165, 1.54) is 6.20 Å². The molecule has 0 aliphatic heterocycles. The number of benzene rings is 1. The number of pyridine rings is 1. The van der Waals surface area contributed by atoms with Crippen LogP contribution in [-0.4, -0.2) is 18.3 Å². The molecule has 0 aliphatic rings. The Labute approximate surface area is 118 Å². The molecule has 0 amide bonds. The van der Waals surface area contributed by atoms with Crippen molar-refractivity contribution in [1.82, 2.24) is 4.98 Å². The number of nitrogens with two attached hydrogens (primary N) is 1. The highest BCUT2D eigenvalue weighted by molar-refractivity contribution is 7.92. The zero-order chi connectivity index (χ0) is 15.6. The molecule has 0 radical (unpaired) electrons. The van der Waals surface area contributed by atoms with Crippen molar-refractivity contribution in [3.63, 3.8) is 0 Å². The Hall–Kier alpha value is -2.75. The lowest BCUT2D eigenvalue weighted by atomic mass is 10.3. The zero-order valence-corrected chi connectivity index (χ0v) is 11.2. The number of sulfonamides is 1. The van der Waals surface area contributed by atoms with Crippen LogP contribution in [0.1, 0.15) is 0 Å². The highest BCUT2D eigenvalue weighted by Gasteiger charge is 2.21. The van der Waals surface area contributed by atoms with Crippen molar-refractivity contribution >= 4 is 27.1 Å². The van der Waals surface area contributed by atoms with Crippen LogP contribution in [0.5, 0.6) is 0 Å². The van der Waals surface area contributed by atoms with Gasteiger partial charge in [-0.3, -0.25) is 19.8 Å². The number of nitrogens with one attached hydrogen (secondary N) is 1. The molecule has 0 saturated heterocycles. The summed E-state index contributed by atoms with van der Waals surface area (Å²) in [6.07, 6.45) is 2.04. The average Bonchev–Trinajstić information content (AvgIpc) is 2.41. The van der Waals surface area contributed by atoms with E-state index in [4.69, 9.17) is 5.73 Å². The SMILES string of the molecule is Nc1ccc(S(=O)(=O)Nc2ccncc2F)cc1[N+](=O)[O-]. The summed E-state index contributed by atoms with van der Waals surface area (Å²) >= 11 is 0. The fourth-order valence-corrected chi connectivity index (χ4v) is 2.60. The largest absolute Gasteiger partial charge is 0.393 e. The highest BCUT2D eigenvalue weighted by Crippen LogP contribution is 2.26. The van der Waals surface area contributed by atoms with Gasteiger partial charge in [-0.05, 0) is 18.2 Å². The second-order valence-corrected chi connectivity index (χ2v) is 5.62. The maximum absolute atomic E-state index is 13.4. The first-order chi connectivity index (χ1) is 9.81. The van der Waals surface area contributed by atoms with Gasteiger partial charge in [0.15, 0.2) is 5.82 Å². The molecule has 3 N–H and O–H groups in total. The number of aromatic nitrogens is 1. The molecule has 2 rings (SSSR count). The predicted molar refractivity (Wildman–Crippen MR) is 72.5 cm³/mol. The third-order valence-electron chi connectivity index (χ3n) is 2.53. The Kier molecular flexibility index (Phi) is 3.72. The van der Waals surface area contributed by atoms with Crippen molar-refractivity contribution in [2.75, 3.05) is 10.5 Å². The molecule has 1 heterocycles. The molecule has 0 unspecified atom stereocenters. The molecule has 10 heteroatoms. The minimum Gasteiger partial charge on any atom is -0.393 e. The van der Waals surface area contributed by atoms with E-state index < -0.39 is 31.3 Å². The number of nitro groups is 1. The molecule has 1 aromatic carbocycles. The van der Waals surface area contributed by atoms with Crippen LogP contribution in [0.25, 0.3) is 0 Å². The Morgan fingerprint density at radius 1 is 1.33 bits per heavy atom. The Bertz CT molecular complexity index is 810. The van der Waals surface area contributed by atoms with Crippen LogP contribution in [0.3, 0.4) is 0 Å². The predicted octanol–water partition coefficient (Wildman–Crippen LogP) is 1.51. The fourth-order valence-electron chi connectivity index (χ4n) is 1.51. The summed E-state index contributed by atoms with van der Waals surface area (Å²) in [5.74, 6) is -0.869. The van der Waals surface area contributed by atoms with Gasteiger partial charge in [0.05, 0.1) is 21.7 Å². The molecule has 110 valence electrons. The van der Waals surface area contributed by atoms with E-state index in [1.807, 2.05) is 4.72 Å². The van der Waals surface area contributed by atoms with Gasteiger partial charge in [0, 0.05) is 12.3 Å². The minimum absolute atomic E-state index is 0.172. The van der Waals surface area contributed by atoms with Crippen molar-refractivity contribution in [1.29, 1.82) is 0 Å². The quantitative estimate of drug-likeness (QED) is 0.500. The molecule has 1 aromatic heterocycles. The average molecular weight is 312 g/mol. The first kappa shape index (κ1) is 14.7. The molecule has 2 aromatic rings. The molecule has 0 aliphatic carbocycles. The van der Waals surface area contributed by atoms with E-state index in [0.29, 0.717) is 0 Å². The number of rotatable bonds is 4. The van der Waals surface area contributed by atoms with Gasteiger partial charge in [-0.2, -0.15) is 0 Å². The summed E-state index contributed by atoms with van der Waals surface area (Å²) < 4.78 is 39.5. The van der Waals surface area contributed by atoms with Gasteiger partial charge in [0.2, 0.25) is 0 Å². The lowest BCUT2D eigenvalue weighted by Gasteiger charge is -2.08. The summed E-state index contributed by atoms with van der Waals surface area (Å²) in [5, 5.41) is 10.8. The van der Waals surface area contributed by atoms with Gasteiger partial charge in [0.25, 0.3) is 15.7 Å². The third-order valence-corrected chi connectivity index (χ3v) is 3.89. The molecule has 8 nitrogen and oxygen atoms in total. The molecule has 0 fully saturated rings. The highest BCUT2D eigenvalue weighted by atomic mass is 32.2. The smallest absolute Gasteiger partial charge is 0.293 e. The number of nitrogens with zero attached hydrogens (tertiary/aromatic N) is 2. The Morgan fingerprint density at radius 2 is 2.05 bits per heavy atom. The number of nitro benzene ring substituents is 1. The van der Waals surface area contributed by atoms with Gasteiger partial charge in [-0.25, -0.2) is 12.8 Å². The van der Waals surface area contributed by atoms with Gasteiger partial charge in [0.1, 0.15) is 5.69 Å². The lowest BCUT2D eigenvalue weighted by Crippen LogP contribution is -2.14. The first-order valence-electron chi connectivity index (χ1n) is 5.47. The third kappa shape index (κ3) is 3.05. The molecular formula is C11H9FN4O4S. The van der Waals surface area contributed by atoms with Crippen LogP contribution in [0, 0.1) is 15.9 Å². The van der Waals surface area contributed by atoms with Gasteiger partial charge in [-0.15, -0.1) is 0 Å². The monoisotopic (exact) mass is 312 g/mol. The maximum Gasteiger partial charge on any atom is 0.293 e. The molecule has 0 atom stereocenters. The molecular weight excluding hydrogens is 303 g/mol. The van der Waals surface area contributed by atoms with Gasteiger partial charge in [-0.1, -0.05) is 0 Å². The van der Waals surface area contributed by atoms with Crippen molar-refractivity contribution in [3.05, 3.63) is 52.6 Å². The van der Waals surface area contributed by atoms with E-state index >= 15 is 0 Å². The molecule has 0 saturated carbocycles. The number of nitrogen functional groups attached to an aromatic ring is 1. The van der Waals surface area contributed by atoms with E-state index in [0.717, 1.165) is 30.5 Å². The lowest BCUT2D eigenvalue weighted by molar-refractivity contribution is -0.384. The minimum atomic E-state index is -4.19. The summed E-state index contributed by atoms with van der Waals surface area (Å²) in [6, 6.07) is 4.11. The van der Waals surface area contributed by atoms with E-state index in [-0.39, 0.29) is 11.4 Å². The van der Waals surface area contributed by atoms with Crippen LogP contribution in [-0.2, 0) is 10.0 Å². The summed E-state index contributed by atoms with van der Waals surface area (Å²) in [7, 11) is -4.19. The standard InChI is InChI=1S/C11H9FN4O4S/c12-8-6-14-4-3-10(8)15-21(19,20)7-1-2-9(13)11(5-7)16(17)18/h1-6H,13H2,(H,14,15). The van der Waals surface area contributed by atoms with E-state index in [1.54, 1.807) is 0 Å². The molecule has 21 heavy (non-hydrogen) atoms. The number of hydrogen-bond acceptors (Lipinski definition) is 6. The fraction of sp³-hybridized carbons (Fsp3) is 0. The van der Waals surface area contributed by atoms with Crippen LogP contribution < -0.4 is 10.5 Å². The van der Waals surface area contributed by atoms with Crippen molar-refractivity contribution < 1.29 is 17.7 Å².